The zero-order valence-electron chi connectivity index (χ0n) is 17.6. The molecule has 1 amide bonds. The van der Waals surface area contributed by atoms with Crippen molar-refractivity contribution in [1.82, 2.24) is 19.2 Å². The quantitative estimate of drug-likeness (QED) is 0.481. The molecule has 0 fully saturated rings. The first-order chi connectivity index (χ1) is 14.5. The smallest absolute Gasteiger partial charge is 0.227 e. The molecular weight excluding hydrogens is 372 g/mol. The van der Waals surface area contributed by atoms with E-state index in [1.165, 1.54) is 0 Å². The third kappa shape index (κ3) is 4.06. The van der Waals surface area contributed by atoms with Crippen LogP contribution in [-0.2, 0) is 17.8 Å². The van der Waals surface area contributed by atoms with Gasteiger partial charge in [0.2, 0.25) is 5.91 Å². The first-order valence-electron chi connectivity index (χ1n) is 10.1. The Labute approximate surface area is 177 Å². The SMILES string of the molecule is Cc1nn(-c2ccccc2)c(C)c1CN(C)C(=O)Cc1ccc(-n2cccc2)cc1. The number of hydrogen-bond donors (Lipinski definition) is 0. The van der Waals surface area contributed by atoms with Crippen LogP contribution in [0.15, 0.2) is 79.1 Å². The van der Waals surface area contributed by atoms with Crippen molar-refractivity contribution in [2.45, 2.75) is 26.8 Å². The maximum absolute atomic E-state index is 12.8. The van der Waals surface area contributed by atoms with Gasteiger partial charge in [-0.25, -0.2) is 4.68 Å². The summed E-state index contributed by atoms with van der Waals surface area (Å²) >= 11 is 0. The fourth-order valence-electron chi connectivity index (χ4n) is 3.65. The van der Waals surface area contributed by atoms with Crippen LogP contribution in [0.5, 0.6) is 0 Å². The van der Waals surface area contributed by atoms with Crippen LogP contribution < -0.4 is 0 Å². The predicted molar refractivity (Wildman–Crippen MR) is 119 cm³/mol. The summed E-state index contributed by atoms with van der Waals surface area (Å²) in [5, 5.41) is 4.69. The van der Waals surface area contributed by atoms with Gasteiger partial charge in [0.25, 0.3) is 0 Å². The standard InChI is InChI=1S/C25H26N4O/c1-19-24(20(2)29(26-19)23-9-5-4-6-10-23)18-27(3)25(30)17-21-11-13-22(14-12-21)28-15-7-8-16-28/h4-16H,17-18H2,1-3H3. The van der Waals surface area contributed by atoms with Crippen LogP contribution in [0.4, 0.5) is 0 Å². The number of para-hydroxylation sites is 1. The van der Waals surface area contributed by atoms with Gasteiger partial charge in [0, 0.05) is 42.9 Å². The predicted octanol–water partition coefficient (Wildman–Crippen LogP) is 4.48. The summed E-state index contributed by atoms with van der Waals surface area (Å²) in [5.41, 5.74) is 6.24. The summed E-state index contributed by atoms with van der Waals surface area (Å²) in [6.45, 7) is 4.60. The van der Waals surface area contributed by atoms with Crippen LogP contribution in [0.25, 0.3) is 11.4 Å². The number of benzene rings is 2. The fraction of sp³-hybridized carbons (Fsp3) is 0.200. The van der Waals surface area contributed by atoms with Crippen LogP contribution in [0.2, 0.25) is 0 Å². The molecule has 0 aliphatic carbocycles. The molecule has 0 aliphatic rings. The number of amides is 1. The van der Waals surface area contributed by atoms with Gasteiger partial charge in [-0.3, -0.25) is 4.79 Å². The lowest BCUT2D eigenvalue weighted by molar-refractivity contribution is -0.129. The summed E-state index contributed by atoms with van der Waals surface area (Å²) in [7, 11) is 1.86. The number of likely N-dealkylation sites (N-methyl/N-ethyl adjacent to an activating group) is 1. The molecule has 0 saturated carbocycles. The van der Waals surface area contributed by atoms with Crippen LogP contribution in [-0.4, -0.2) is 32.2 Å². The van der Waals surface area contributed by atoms with Crippen molar-refractivity contribution in [2.75, 3.05) is 7.05 Å². The van der Waals surface area contributed by atoms with E-state index in [1.807, 2.05) is 102 Å². The van der Waals surface area contributed by atoms with Crippen molar-refractivity contribution < 1.29 is 4.79 Å². The minimum atomic E-state index is 0.0926. The average molecular weight is 399 g/mol. The van der Waals surface area contributed by atoms with Crippen LogP contribution >= 0.6 is 0 Å². The maximum atomic E-state index is 12.8. The van der Waals surface area contributed by atoms with Gasteiger partial charge in [-0.1, -0.05) is 30.3 Å². The molecule has 4 rings (SSSR count). The van der Waals surface area contributed by atoms with Crippen molar-refractivity contribution in [2.24, 2.45) is 0 Å². The molecule has 0 atom stereocenters. The lowest BCUT2D eigenvalue weighted by atomic mass is 10.1. The minimum Gasteiger partial charge on any atom is -0.341 e. The highest BCUT2D eigenvalue weighted by atomic mass is 16.2. The summed E-state index contributed by atoms with van der Waals surface area (Å²) in [6, 6.07) is 22.2. The van der Waals surface area contributed by atoms with E-state index in [9.17, 15) is 4.79 Å². The van der Waals surface area contributed by atoms with E-state index in [1.54, 1.807) is 4.90 Å². The monoisotopic (exact) mass is 398 g/mol. The van der Waals surface area contributed by atoms with Crippen molar-refractivity contribution in [3.8, 4) is 11.4 Å². The van der Waals surface area contributed by atoms with Gasteiger partial charge in [0.1, 0.15) is 0 Å². The van der Waals surface area contributed by atoms with Crippen LogP contribution in [0.1, 0.15) is 22.5 Å². The zero-order valence-corrected chi connectivity index (χ0v) is 17.6. The Morgan fingerprint density at radius 3 is 2.23 bits per heavy atom. The number of hydrogen-bond acceptors (Lipinski definition) is 2. The molecule has 0 saturated heterocycles. The summed E-state index contributed by atoms with van der Waals surface area (Å²) < 4.78 is 4.00. The van der Waals surface area contributed by atoms with E-state index >= 15 is 0 Å². The zero-order chi connectivity index (χ0) is 21.1. The summed E-state index contributed by atoms with van der Waals surface area (Å²) in [4.78, 5) is 14.6. The normalized spacial score (nSPS) is 10.9. The number of rotatable bonds is 6. The molecule has 2 heterocycles. The fourth-order valence-corrected chi connectivity index (χ4v) is 3.65. The molecule has 2 aromatic heterocycles. The van der Waals surface area contributed by atoms with E-state index in [-0.39, 0.29) is 5.91 Å². The number of carbonyl (C=O) groups is 1. The van der Waals surface area contributed by atoms with E-state index in [0.717, 1.165) is 33.9 Å². The first-order valence-corrected chi connectivity index (χ1v) is 10.1. The van der Waals surface area contributed by atoms with Crippen LogP contribution in [0.3, 0.4) is 0 Å². The second-order valence-electron chi connectivity index (χ2n) is 7.58. The Balaban J connectivity index is 1.44. The topological polar surface area (TPSA) is 43.1 Å². The molecule has 5 heteroatoms. The third-order valence-corrected chi connectivity index (χ3v) is 5.46. The highest BCUT2D eigenvalue weighted by molar-refractivity contribution is 5.78. The van der Waals surface area contributed by atoms with Gasteiger partial charge < -0.3 is 9.47 Å². The Morgan fingerprint density at radius 1 is 0.900 bits per heavy atom. The average Bonchev–Trinajstić information content (AvgIpc) is 3.39. The number of aromatic nitrogens is 3. The molecular formula is C25H26N4O. The van der Waals surface area contributed by atoms with E-state index in [0.29, 0.717) is 13.0 Å². The molecule has 0 radical (unpaired) electrons. The molecule has 0 unspecified atom stereocenters. The molecule has 0 N–H and O–H groups in total. The number of carbonyl (C=O) groups excluding carboxylic acids is 1. The highest BCUT2D eigenvalue weighted by Gasteiger charge is 2.17. The molecule has 4 aromatic rings. The largest absolute Gasteiger partial charge is 0.341 e. The van der Waals surface area contributed by atoms with Gasteiger partial charge >= 0.3 is 0 Å². The second-order valence-corrected chi connectivity index (χ2v) is 7.58. The Hall–Kier alpha value is -3.60. The lowest BCUT2D eigenvalue weighted by Crippen LogP contribution is -2.28. The second kappa shape index (κ2) is 8.41. The van der Waals surface area contributed by atoms with Crippen molar-refractivity contribution >= 4 is 5.91 Å². The molecule has 152 valence electrons. The molecule has 0 aliphatic heterocycles. The summed E-state index contributed by atoms with van der Waals surface area (Å²) in [6.07, 6.45) is 4.40. The van der Waals surface area contributed by atoms with Gasteiger partial charge in [0.15, 0.2) is 0 Å². The van der Waals surface area contributed by atoms with Gasteiger partial charge in [-0.2, -0.15) is 5.10 Å². The molecule has 2 aromatic carbocycles. The Bertz CT molecular complexity index is 1130. The Kier molecular flexibility index (Phi) is 5.53. The van der Waals surface area contributed by atoms with Crippen molar-refractivity contribution in [3.63, 3.8) is 0 Å². The van der Waals surface area contributed by atoms with Crippen LogP contribution in [0, 0.1) is 13.8 Å². The van der Waals surface area contributed by atoms with E-state index in [2.05, 4.69) is 12.0 Å². The minimum absolute atomic E-state index is 0.0926. The summed E-state index contributed by atoms with van der Waals surface area (Å²) in [5.74, 6) is 0.0926. The van der Waals surface area contributed by atoms with E-state index in [4.69, 9.17) is 0 Å². The van der Waals surface area contributed by atoms with Gasteiger partial charge in [-0.05, 0) is 55.8 Å². The lowest BCUT2D eigenvalue weighted by Gasteiger charge is -2.18. The molecule has 0 bridgehead atoms. The number of nitrogens with zero attached hydrogens (tertiary/aromatic N) is 4. The van der Waals surface area contributed by atoms with Gasteiger partial charge in [0.05, 0.1) is 17.8 Å². The number of aryl methyl sites for hydroxylation is 1. The third-order valence-electron chi connectivity index (χ3n) is 5.46. The van der Waals surface area contributed by atoms with Crippen molar-refractivity contribution in [3.05, 3.63) is 102 Å². The maximum Gasteiger partial charge on any atom is 0.227 e. The molecule has 5 nitrogen and oxygen atoms in total. The first kappa shape index (κ1) is 19.7. The highest BCUT2D eigenvalue weighted by Crippen LogP contribution is 2.20. The molecule has 30 heavy (non-hydrogen) atoms. The molecule has 0 spiro atoms. The van der Waals surface area contributed by atoms with E-state index < -0.39 is 0 Å². The van der Waals surface area contributed by atoms with Gasteiger partial charge in [-0.15, -0.1) is 0 Å². The van der Waals surface area contributed by atoms with Crippen molar-refractivity contribution in [1.29, 1.82) is 0 Å². The Morgan fingerprint density at radius 2 is 1.57 bits per heavy atom.